The highest BCUT2D eigenvalue weighted by molar-refractivity contribution is 5.77. The third-order valence-corrected chi connectivity index (χ3v) is 3.89. The molecular formula is C20H17N3. The molecule has 0 aliphatic heterocycles. The molecule has 1 N–H and O–H groups in total. The number of para-hydroxylation sites is 1. The van der Waals surface area contributed by atoms with Crippen LogP contribution in [0.3, 0.4) is 0 Å². The molecule has 2 heterocycles. The van der Waals surface area contributed by atoms with E-state index in [2.05, 4.69) is 65.0 Å². The fraction of sp³-hybridized carbons (Fsp3) is 0.0500. The van der Waals surface area contributed by atoms with Gasteiger partial charge in [0.05, 0.1) is 12.2 Å². The molecule has 0 aliphatic carbocycles. The third kappa shape index (κ3) is 2.81. The summed E-state index contributed by atoms with van der Waals surface area (Å²) >= 11 is 0. The number of rotatable bonds is 4. The van der Waals surface area contributed by atoms with E-state index in [0.717, 1.165) is 17.0 Å². The summed E-state index contributed by atoms with van der Waals surface area (Å²) in [4.78, 5) is 4.63. The van der Waals surface area contributed by atoms with Gasteiger partial charge < -0.3 is 9.72 Å². The lowest BCUT2D eigenvalue weighted by Crippen LogP contribution is -2.01. The van der Waals surface area contributed by atoms with E-state index < -0.39 is 0 Å². The molecule has 112 valence electrons. The Hall–Kier alpha value is -3.07. The Bertz CT molecular complexity index is 893. The highest BCUT2D eigenvalue weighted by Gasteiger charge is 2.05. The maximum atomic E-state index is 4.63. The van der Waals surface area contributed by atoms with Crippen molar-refractivity contribution in [2.75, 3.05) is 5.32 Å². The third-order valence-electron chi connectivity index (χ3n) is 3.89. The van der Waals surface area contributed by atoms with Crippen molar-refractivity contribution in [3.8, 4) is 11.1 Å². The zero-order valence-corrected chi connectivity index (χ0v) is 12.7. The van der Waals surface area contributed by atoms with Crippen LogP contribution in [0.5, 0.6) is 0 Å². The number of nitrogens with zero attached hydrogens (tertiary/aromatic N) is 2. The Morgan fingerprint density at radius 3 is 2.48 bits per heavy atom. The minimum atomic E-state index is 0.700. The van der Waals surface area contributed by atoms with Gasteiger partial charge in [-0.2, -0.15) is 0 Å². The first kappa shape index (κ1) is 13.6. The van der Waals surface area contributed by atoms with E-state index in [9.17, 15) is 0 Å². The van der Waals surface area contributed by atoms with E-state index in [0.29, 0.717) is 6.54 Å². The van der Waals surface area contributed by atoms with Crippen LogP contribution in [0, 0.1) is 0 Å². The molecule has 0 fully saturated rings. The summed E-state index contributed by atoms with van der Waals surface area (Å²) in [5.74, 6) is 0. The van der Waals surface area contributed by atoms with Crippen molar-refractivity contribution in [3.63, 3.8) is 0 Å². The van der Waals surface area contributed by atoms with E-state index in [4.69, 9.17) is 0 Å². The van der Waals surface area contributed by atoms with Gasteiger partial charge in [-0.15, -0.1) is 0 Å². The van der Waals surface area contributed by atoms with E-state index in [1.165, 1.54) is 11.1 Å². The number of hydrogen-bond donors (Lipinski definition) is 1. The lowest BCUT2D eigenvalue weighted by atomic mass is 10.0. The number of fused-ring (bicyclic) bond motifs is 1. The molecule has 0 unspecified atom stereocenters. The van der Waals surface area contributed by atoms with Crippen LogP contribution in [0.2, 0.25) is 0 Å². The summed E-state index contributed by atoms with van der Waals surface area (Å²) in [6, 6.07) is 24.8. The summed E-state index contributed by atoms with van der Waals surface area (Å²) in [5.41, 5.74) is 5.54. The summed E-state index contributed by atoms with van der Waals surface area (Å²) in [6.45, 7) is 0.700. The summed E-state index contributed by atoms with van der Waals surface area (Å²) in [6.07, 6.45) is 4.08. The molecule has 2 aromatic carbocycles. The van der Waals surface area contributed by atoms with Crippen LogP contribution in [-0.2, 0) is 6.54 Å². The maximum absolute atomic E-state index is 4.63. The van der Waals surface area contributed by atoms with Gasteiger partial charge in [-0.05, 0) is 23.8 Å². The van der Waals surface area contributed by atoms with E-state index in [1.54, 1.807) is 0 Å². The van der Waals surface area contributed by atoms with Crippen LogP contribution in [0.1, 0.15) is 5.69 Å². The largest absolute Gasteiger partial charge is 0.379 e. The van der Waals surface area contributed by atoms with Crippen molar-refractivity contribution in [1.29, 1.82) is 0 Å². The van der Waals surface area contributed by atoms with Gasteiger partial charge in [0.15, 0.2) is 0 Å². The molecule has 0 saturated heterocycles. The number of imidazole rings is 1. The van der Waals surface area contributed by atoms with Gasteiger partial charge in [0, 0.05) is 23.6 Å². The minimum absolute atomic E-state index is 0.700. The topological polar surface area (TPSA) is 29.3 Å². The Morgan fingerprint density at radius 1 is 0.826 bits per heavy atom. The molecule has 4 rings (SSSR count). The van der Waals surface area contributed by atoms with Crippen molar-refractivity contribution in [2.45, 2.75) is 6.54 Å². The molecule has 0 aliphatic rings. The molecule has 0 atom stereocenters. The first-order chi connectivity index (χ1) is 11.4. The zero-order chi connectivity index (χ0) is 15.5. The molecule has 3 heteroatoms. The average molecular weight is 299 g/mol. The molecule has 0 amide bonds. The maximum Gasteiger partial charge on any atom is 0.137 e. The number of aromatic nitrogens is 2. The highest BCUT2D eigenvalue weighted by atomic mass is 15.0. The predicted molar refractivity (Wildman–Crippen MR) is 94.4 cm³/mol. The summed E-state index contributed by atoms with van der Waals surface area (Å²) < 4.78 is 2.04. The number of benzene rings is 2. The smallest absolute Gasteiger partial charge is 0.137 e. The van der Waals surface area contributed by atoms with Crippen LogP contribution in [0.25, 0.3) is 16.8 Å². The number of anilines is 1. The van der Waals surface area contributed by atoms with Gasteiger partial charge in [0.2, 0.25) is 0 Å². The van der Waals surface area contributed by atoms with Crippen LogP contribution >= 0.6 is 0 Å². The SMILES string of the molecule is c1ccc(-c2ccccc2NCc2cn3ccccc3n2)cc1. The second-order valence-corrected chi connectivity index (χ2v) is 5.46. The van der Waals surface area contributed by atoms with Gasteiger partial charge in [0.1, 0.15) is 5.65 Å². The lowest BCUT2D eigenvalue weighted by Gasteiger charge is -2.11. The molecule has 0 radical (unpaired) electrons. The zero-order valence-electron chi connectivity index (χ0n) is 12.7. The Balaban J connectivity index is 1.60. The number of nitrogens with one attached hydrogen (secondary N) is 1. The summed E-state index contributed by atoms with van der Waals surface area (Å²) in [7, 11) is 0. The van der Waals surface area contributed by atoms with Gasteiger partial charge in [0.25, 0.3) is 0 Å². The molecule has 3 nitrogen and oxygen atoms in total. The van der Waals surface area contributed by atoms with E-state index in [1.807, 2.05) is 34.9 Å². The molecule has 2 aromatic heterocycles. The van der Waals surface area contributed by atoms with Crippen molar-refractivity contribution in [3.05, 3.63) is 90.9 Å². The Kier molecular flexibility index (Phi) is 3.53. The second kappa shape index (κ2) is 5.97. The highest BCUT2D eigenvalue weighted by Crippen LogP contribution is 2.27. The monoisotopic (exact) mass is 299 g/mol. The average Bonchev–Trinajstić information content (AvgIpc) is 3.04. The van der Waals surface area contributed by atoms with Gasteiger partial charge in [-0.25, -0.2) is 4.98 Å². The van der Waals surface area contributed by atoms with Crippen LogP contribution in [0.4, 0.5) is 5.69 Å². The van der Waals surface area contributed by atoms with Crippen molar-refractivity contribution in [1.82, 2.24) is 9.38 Å². The quantitative estimate of drug-likeness (QED) is 0.596. The fourth-order valence-electron chi connectivity index (χ4n) is 2.76. The fourth-order valence-corrected chi connectivity index (χ4v) is 2.76. The van der Waals surface area contributed by atoms with Gasteiger partial charge in [-0.1, -0.05) is 54.6 Å². The Morgan fingerprint density at radius 2 is 1.61 bits per heavy atom. The first-order valence-electron chi connectivity index (χ1n) is 7.71. The standard InChI is InChI=1S/C20H17N3/c1-2-8-16(9-3-1)18-10-4-5-11-19(18)21-14-17-15-23-13-7-6-12-20(23)22-17/h1-13,15,21H,14H2. The number of hydrogen-bond acceptors (Lipinski definition) is 2. The van der Waals surface area contributed by atoms with Crippen LogP contribution in [-0.4, -0.2) is 9.38 Å². The summed E-state index contributed by atoms with van der Waals surface area (Å²) in [5, 5.41) is 3.51. The van der Waals surface area contributed by atoms with Crippen LogP contribution < -0.4 is 5.32 Å². The lowest BCUT2D eigenvalue weighted by molar-refractivity contribution is 1.08. The molecule has 23 heavy (non-hydrogen) atoms. The molecule has 4 aromatic rings. The normalized spacial score (nSPS) is 10.8. The van der Waals surface area contributed by atoms with E-state index >= 15 is 0 Å². The molecule has 0 bridgehead atoms. The van der Waals surface area contributed by atoms with E-state index in [-0.39, 0.29) is 0 Å². The minimum Gasteiger partial charge on any atom is -0.379 e. The van der Waals surface area contributed by atoms with Gasteiger partial charge in [-0.3, -0.25) is 0 Å². The second-order valence-electron chi connectivity index (χ2n) is 5.46. The first-order valence-corrected chi connectivity index (χ1v) is 7.71. The van der Waals surface area contributed by atoms with Crippen LogP contribution in [0.15, 0.2) is 85.2 Å². The van der Waals surface area contributed by atoms with Crippen molar-refractivity contribution in [2.24, 2.45) is 0 Å². The number of pyridine rings is 1. The van der Waals surface area contributed by atoms with Gasteiger partial charge >= 0.3 is 0 Å². The molecular weight excluding hydrogens is 282 g/mol. The molecule has 0 saturated carbocycles. The van der Waals surface area contributed by atoms with Crippen molar-refractivity contribution < 1.29 is 0 Å². The Labute approximate surface area is 135 Å². The predicted octanol–water partition coefficient (Wildman–Crippen LogP) is 4.61. The molecule has 0 spiro atoms. The van der Waals surface area contributed by atoms with Crippen molar-refractivity contribution >= 4 is 11.3 Å².